The van der Waals surface area contributed by atoms with Gasteiger partial charge in [-0.1, -0.05) is 12.2 Å². The molecule has 0 spiro atoms. The number of hydrogen-bond donors (Lipinski definition) is 1. The Balaban J connectivity index is 1.65. The van der Waals surface area contributed by atoms with Gasteiger partial charge in [0, 0.05) is 51.1 Å². The van der Waals surface area contributed by atoms with Crippen LogP contribution < -0.4 is 0 Å². The van der Waals surface area contributed by atoms with Crippen LogP contribution in [-0.4, -0.2) is 68.7 Å². The van der Waals surface area contributed by atoms with Crippen LogP contribution in [0, 0.1) is 11.8 Å². The summed E-state index contributed by atoms with van der Waals surface area (Å²) in [6.45, 7) is 4.88. The molecule has 1 saturated carbocycles. The Kier molecular flexibility index (Phi) is 11.6. The zero-order valence-electron chi connectivity index (χ0n) is 19.6. The van der Waals surface area contributed by atoms with E-state index in [2.05, 4.69) is 12.2 Å². The lowest BCUT2D eigenvalue weighted by atomic mass is 9.90. The molecule has 3 rings (SSSR count). The Bertz CT molecular complexity index is 542. The van der Waals surface area contributed by atoms with Gasteiger partial charge in [0.2, 0.25) is 0 Å². The van der Waals surface area contributed by atoms with Crippen LogP contribution in [0.4, 0.5) is 0 Å². The van der Waals surface area contributed by atoms with E-state index < -0.39 is 6.10 Å². The molecular weight excluding hydrogens is 412 g/mol. The molecule has 2 heterocycles. The molecule has 7 heteroatoms. The number of aldehydes is 1. The molecule has 7 atom stereocenters. The average Bonchev–Trinajstić information content (AvgIpc) is 3.10. The summed E-state index contributed by atoms with van der Waals surface area (Å²) in [4.78, 5) is 11.3. The number of carbonyl (C=O) groups excluding carboxylic acids is 1. The van der Waals surface area contributed by atoms with Gasteiger partial charge in [0.05, 0.1) is 18.3 Å². The Labute approximate surface area is 192 Å². The minimum Gasteiger partial charge on any atom is -0.393 e. The second-order valence-electron chi connectivity index (χ2n) is 9.11. The topological polar surface area (TPSA) is 83.5 Å². The maximum atomic E-state index is 11.3. The first-order valence-corrected chi connectivity index (χ1v) is 12.6. The smallest absolute Gasteiger partial charge is 0.158 e. The van der Waals surface area contributed by atoms with Crippen molar-refractivity contribution in [2.24, 2.45) is 11.8 Å². The monoisotopic (exact) mass is 454 g/mol. The van der Waals surface area contributed by atoms with E-state index in [1.807, 2.05) is 6.92 Å². The van der Waals surface area contributed by atoms with Crippen LogP contribution in [0.15, 0.2) is 12.2 Å². The Morgan fingerprint density at radius 1 is 1.09 bits per heavy atom. The van der Waals surface area contributed by atoms with Crippen molar-refractivity contribution in [3.63, 3.8) is 0 Å². The Morgan fingerprint density at radius 3 is 2.50 bits per heavy atom. The number of aliphatic hydroxyl groups excluding tert-OH is 1. The second-order valence-corrected chi connectivity index (χ2v) is 9.11. The first-order valence-electron chi connectivity index (χ1n) is 12.6. The molecule has 2 aliphatic heterocycles. The SMILES string of the molecule is CCOCCCC(C=CC1C(OC2CCCCO2)CC(O)C1CC=O)OC1CCCCO1. The lowest BCUT2D eigenvalue weighted by molar-refractivity contribution is -0.193. The van der Waals surface area contributed by atoms with E-state index in [0.29, 0.717) is 26.1 Å². The van der Waals surface area contributed by atoms with Crippen molar-refractivity contribution in [1.82, 2.24) is 0 Å². The summed E-state index contributed by atoms with van der Waals surface area (Å²) < 4.78 is 29.6. The Hall–Kier alpha value is -0.830. The Morgan fingerprint density at radius 2 is 1.84 bits per heavy atom. The van der Waals surface area contributed by atoms with Crippen LogP contribution >= 0.6 is 0 Å². The molecule has 2 saturated heterocycles. The summed E-state index contributed by atoms with van der Waals surface area (Å²) in [5, 5.41) is 10.6. The van der Waals surface area contributed by atoms with Crippen LogP contribution in [-0.2, 0) is 28.5 Å². The van der Waals surface area contributed by atoms with Crippen LogP contribution in [0.2, 0.25) is 0 Å². The third-order valence-electron chi connectivity index (χ3n) is 6.72. The summed E-state index contributed by atoms with van der Waals surface area (Å²) >= 11 is 0. The van der Waals surface area contributed by atoms with Gasteiger partial charge in [-0.25, -0.2) is 0 Å². The molecule has 0 aromatic carbocycles. The van der Waals surface area contributed by atoms with Crippen LogP contribution in [0.25, 0.3) is 0 Å². The van der Waals surface area contributed by atoms with Crippen molar-refractivity contribution in [3.05, 3.63) is 12.2 Å². The van der Waals surface area contributed by atoms with E-state index in [1.165, 1.54) is 0 Å². The molecule has 1 aliphatic carbocycles. The maximum absolute atomic E-state index is 11.3. The number of carbonyl (C=O) groups is 1. The van der Waals surface area contributed by atoms with E-state index in [4.69, 9.17) is 23.7 Å². The van der Waals surface area contributed by atoms with Gasteiger partial charge in [-0.05, 0) is 58.3 Å². The predicted molar refractivity (Wildman–Crippen MR) is 120 cm³/mol. The molecular formula is C25H42O7. The molecule has 3 aliphatic rings. The van der Waals surface area contributed by atoms with Gasteiger partial charge in [0.15, 0.2) is 12.6 Å². The highest BCUT2D eigenvalue weighted by atomic mass is 16.7. The minimum absolute atomic E-state index is 0.0500. The lowest BCUT2D eigenvalue weighted by Crippen LogP contribution is -2.31. The van der Waals surface area contributed by atoms with Crippen molar-refractivity contribution in [2.45, 2.75) is 102 Å². The molecule has 1 N–H and O–H groups in total. The van der Waals surface area contributed by atoms with Crippen LogP contribution in [0.3, 0.4) is 0 Å². The molecule has 0 aromatic heterocycles. The fraction of sp³-hybridized carbons (Fsp3) is 0.880. The average molecular weight is 455 g/mol. The quantitative estimate of drug-likeness (QED) is 0.258. The molecule has 0 bridgehead atoms. The highest BCUT2D eigenvalue weighted by Gasteiger charge is 2.42. The molecule has 184 valence electrons. The van der Waals surface area contributed by atoms with E-state index in [-0.39, 0.29) is 36.6 Å². The highest BCUT2D eigenvalue weighted by Crippen LogP contribution is 2.39. The first-order chi connectivity index (χ1) is 15.7. The highest BCUT2D eigenvalue weighted by molar-refractivity contribution is 5.50. The molecule has 3 fully saturated rings. The predicted octanol–water partition coefficient (Wildman–Crippen LogP) is 3.77. The molecule has 7 nitrogen and oxygen atoms in total. The van der Waals surface area contributed by atoms with Gasteiger partial charge in [-0.3, -0.25) is 0 Å². The van der Waals surface area contributed by atoms with Gasteiger partial charge in [-0.2, -0.15) is 0 Å². The fourth-order valence-electron chi connectivity index (χ4n) is 4.96. The van der Waals surface area contributed by atoms with Crippen molar-refractivity contribution >= 4 is 6.29 Å². The summed E-state index contributed by atoms with van der Waals surface area (Å²) in [6.07, 6.45) is 12.6. The summed E-state index contributed by atoms with van der Waals surface area (Å²) in [7, 11) is 0. The van der Waals surface area contributed by atoms with Crippen molar-refractivity contribution in [3.8, 4) is 0 Å². The molecule has 7 unspecified atom stereocenters. The summed E-state index contributed by atoms with van der Waals surface area (Å²) in [6, 6.07) is 0. The number of ether oxygens (including phenoxy) is 5. The normalized spacial score (nSPS) is 34.7. The van der Waals surface area contributed by atoms with E-state index in [9.17, 15) is 9.90 Å². The van der Waals surface area contributed by atoms with Gasteiger partial charge < -0.3 is 33.6 Å². The molecule has 32 heavy (non-hydrogen) atoms. The van der Waals surface area contributed by atoms with E-state index in [1.54, 1.807) is 0 Å². The largest absolute Gasteiger partial charge is 0.393 e. The van der Waals surface area contributed by atoms with E-state index >= 15 is 0 Å². The van der Waals surface area contributed by atoms with Gasteiger partial charge in [0.25, 0.3) is 0 Å². The molecule has 0 amide bonds. The zero-order valence-corrected chi connectivity index (χ0v) is 19.6. The van der Waals surface area contributed by atoms with Crippen LogP contribution in [0.5, 0.6) is 0 Å². The lowest BCUT2D eigenvalue weighted by Gasteiger charge is -2.29. The van der Waals surface area contributed by atoms with Gasteiger partial charge in [0.1, 0.15) is 6.29 Å². The summed E-state index contributed by atoms with van der Waals surface area (Å²) in [5.41, 5.74) is 0. The molecule has 0 radical (unpaired) electrons. The van der Waals surface area contributed by atoms with Crippen molar-refractivity contribution in [1.29, 1.82) is 0 Å². The fourth-order valence-corrected chi connectivity index (χ4v) is 4.96. The number of hydrogen-bond acceptors (Lipinski definition) is 7. The van der Waals surface area contributed by atoms with E-state index in [0.717, 1.165) is 70.9 Å². The third kappa shape index (κ3) is 8.19. The number of aliphatic hydroxyl groups is 1. The van der Waals surface area contributed by atoms with Gasteiger partial charge >= 0.3 is 0 Å². The number of rotatable bonds is 13. The van der Waals surface area contributed by atoms with Crippen molar-refractivity contribution in [2.75, 3.05) is 26.4 Å². The first kappa shape index (κ1) is 25.8. The minimum atomic E-state index is -0.553. The second kappa shape index (κ2) is 14.4. The third-order valence-corrected chi connectivity index (χ3v) is 6.72. The maximum Gasteiger partial charge on any atom is 0.158 e. The van der Waals surface area contributed by atoms with Crippen molar-refractivity contribution < 1.29 is 33.6 Å². The standard InChI is InChI=1S/C25H42O7/c1-2-28-15-7-8-19(31-24-9-3-5-16-29-24)11-12-21-20(13-14-26)22(27)18-23(21)32-25-10-4-6-17-30-25/h11-12,14,19-25,27H,2-10,13,15-18H2,1H3. The van der Waals surface area contributed by atoms with Gasteiger partial charge in [-0.15, -0.1) is 0 Å². The van der Waals surface area contributed by atoms with Crippen LogP contribution in [0.1, 0.15) is 71.1 Å². The summed E-state index contributed by atoms with van der Waals surface area (Å²) in [5.74, 6) is -0.196. The molecule has 0 aromatic rings. The zero-order chi connectivity index (χ0) is 22.6.